The van der Waals surface area contributed by atoms with Crippen LogP contribution in [0.2, 0.25) is 0 Å². The summed E-state index contributed by atoms with van der Waals surface area (Å²) in [6.07, 6.45) is 1.60. The molecule has 18 heavy (non-hydrogen) atoms. The first-order valence-electron chi connectivity index (χ1n) is 6.09. The van der Waals surface area contributed by atoms with Gasteiger partial charge in [-0.15, -0.1) is 0 Å². The van der Waals surface area contributed by atoms with E-state index in [9.17, 15) is 9.90 Å². The molecule has 0 aliphatic rings. The molecule has 0 aromatic heterocycles. The van der Waals surface area contributed by atoms with Gasteiger partial charge in [-0.1, -0.05) is 32.0 Å². The second kappa shape index (κ2) is 4.69. The third kappa shape index (κ3) is 1.82. The summed E-state index contributed by atoms with van der Waals surface area (Å²) in [7, 11) is 0. The maximum Gasteiger partial charge on any atom is 0.339 e. The molecule has 0 amide bonds. The molecule has 0 atom stereocenters. The minimum absolute atomic E-state index is 0.0207. The van der Waals surface area contributed by atoms with Gasteiger partial charge in [0, 0.05) is 5.39 Å². The van der Waals surface area contributed by atoms with Gasteiger partial charge in [0.1, 0.15) is 11.3 Å². The van der Waals surface area contributed by atoms with Crippen LogP contribution in [0.4, 0.5) is 0 Å². The van der Waals surface area contributed by atoms with Gasteiger partial charge in [0.25, 0.3) is 0 Å². The van der Waals surface area contributed by atoms with Crippen LogP contribution >= 0.6 is 0 Å². The summed E-state index contributed by atoms with van der Waals surface area (Å²) in [5.74, 6) is -1.23. The Morgan fingerprint density at radius 2 is 1.83 bits per heavy atom. The van der Waals surface area contributed by atoms with Crippen molar-refractivity contribution in [1.29, 1.82) is 0 Å². The summed E-state index contributed by atoms with van der Waals surface area (Å²) in [5, 5.41) is 20.8. The normalized spacial score (nSPS) is 10.8. The Kier molecular flexibility index (Phi) is 3.24. The van der Waals surface area contributed by atoms with E-state index < -0.39 is 5.97 Å². The summed E-state index contributed by atoms with van der Waals surface area (Å²) in [6, 6.07) is 7.22. The van der Waals surface area contributed by atoms with Crippen molar-refractivity contribution in [2.24, 2.45) is 0 Å². The molecule has 0 spiro atoms. The number of aryl methyl sites for hydroxylation is 2. The quantitative estimate of drug-likeness (QED) is 0.870. The van der Waals surface area contributed by atoms with E-state index in [2.05, 4.69) is 6.92 Å². The van der Waals surface area contributed by atoms with E-state index in [1.54, 1.807) is 12.1 Å². The fraction of sp³-hybridized carbons (Fsp3) is 0.267. The molecule has 0 aliphatic carbocycles. The van der Waals surface area contributed by atoms with Gasteiger partial charge >= 0.3 is 5.97 Å². The van der Waals surface area contributed by atoms with Crippen molar-refractivity contribution in [2.45, 2.75) is 26.7 Å². The molecule has 0 radical (unpaired) electrons. The number of carbonyl (C=O) groups is 1. The number of phenols is 1. The summed E-state index contributed by atoms with van der Waals surface area (Å²) in [6.45, 7) is 4.04. The van der Waals surface area contributed by atoms with Crippen molar-refractivity contribution in [3.8, 4) is 5.75 Å². The second-order valence-corrected chi connectivity index (χ2v) is 4.28. The fourth-order valence-corrected chi connectivity index (χ4v) is 2.37. The Morgan fingerprint density at radius 3 is 2.39 bits per heavy atom. The van der Waals surface area contributed by atoms with Crippen LogP contribution in [0.25, 0.3) is 10.8 Å². The zero-order chi connectivity index (χ0) is 13.3. The third-order valence-corrected chi connectivity index (χ3v) is 3.29. The van der Waals surface area contributed by atoms with Gasteiger partial charge in [-0.3, -0.25) is 0 Å². The monoisotopic (exact) mass is 244 g/mol. The average molecular weight is 244 g/mol. The van der Waals surface area contributed by atoms with Crippen molar-refractivity contribution < 1.29 is 15.0 Å². The topological polar surface area (TPSA) is 57.5 Å². The lowest BCUT2D eigenvalue weighted by molar-refractivity contribution is 0.0694. The van der Waals surface area contributed by atoms with Crippen molar-refractivity contribution >= 4 is 16.7 Å². The van der Waals surface area contributed by atoms with Crippen LogP contribution in [0, 0.1) is 0 Å². The second-order valence-electron chi connectivity index (χ2n) is 4.28. The molecule has 0 saturated heterocycles. The first-order chi connectivity index (χ1) is 8.60. The zero-order valence-corrected chi connectivity index (χ0v) is 10.5. The van der Waals surface area contributed by atoms with Crippen LogP contribution in [0.1, 0.15) is 35.3 Å². The Hall–Kier alpha value is -2.03. The Morgan fingerprint density at radius 1 is 1.17 bits per heavy atom. The van der Waals surface area contributed by atoms with Crippen LogP contribution in [-0.2, 0) is 12.8 Å². The van der Waals surface area contributed by atoms with Gasteiger partial charge in [-0.25, -0.2) is 4.79 Å². The van der Waals surface area contributed by atoms with Crippen molar-refractivity contribution in [2.75, 3.05) is 0 Å². The molecule has 94 valence electrons. The van der Waals surface area contributed by atoms with Crippen LogP contribution in [0.5, 0.6) is 5.75 Å². The van der Waals surface area contributed by atoms with E-state index in [0.29, 0.717) is 5.39 Å². The molecule has 0 unspecified atom stereocenters. The molecule has 0 aliphatic heterocycles. The van der Waals surface area contributed by atoms with Crippen LogP contribution in [0.3, 0.4) is 0 Å². The fourth-order valence-electron chi connectivity index (χ4n) is 2.37. The molecule has 0 saturated carbocycles. The smallest absolute Gasteiger partial charge is 0.339 e. The SMILES string of the molecule is CCc1cccc2c(O)c(C(=O)O)cc(CC)c12. The lowest BCUT2D eigenvalue weighted by atomic mass is 9.93. The molecular weight excluding hydrogens is 228 g/mol. The molecular formula is C15H16O3. The number of hydrogen-bond donors (Lipinski definition) is 2. The molecule has 3 nitrogen and oxygen atoms in total. The highest BCUT2D eigenvalue weighted by Gasteiger charge is 2.16. The highest BCUT2D eigenvalue weighted by atomic mass is 16.4. The standard InChI is InChI=1S/C15H16O3/c1-3-9-6-5-7-11-13(9)10(4-2)8-12(14(11)16)15(17)18/h5-8,16H,3-4H2,1-2H3,(H,17,18). The summed E-state index contributed by atoms with van der Waals surface area (Å²) in [5.41, 5.74) is 2.09. The molecule has 3 heteroatoms. The van der Waals surface area contributed by atoms with E-state index in [1.807, 2.05) is 19.1 Å². The maximum absolute atomic E-state index is 11.1. The highest BCUT2D eigenvalue weighted by Crippen LogP contribution is 2.34. The molecule has 2 aromatic rings. The van der Waals surface area contributed by atoms with E-state index in [1.165, 1.54) is 0 Å². The van der Waals surface area contributed by atoms with Gasteiger partial charge in [0.15, 0.2) is 0 Å². The Balaban J connectivity index is 2.93. The minimum atomic E-state index is -1.09. The summed E-state index contributed by atoms with van der Waals surface area (Å²) >= 11 is 0. The van der Waals surface area contributed by atoms with Gasteiger partial charge in [0.05, 0.1) is 0 Å². The first kappa shape index (κ1) is 12.4. The molecule has 2 N–H and O–H groups in total. The molecule has 2 rings (SSSR count). The molecule has 2 aromatic carbocycles. The number of aromatic carboxylic acids is 1. The van der Waals surface area contributed by atoms with E-state index in [-0.39, 0.29) is 11.3 Å². The Labute approximate surface area is 106 Å². The Bertz CT molecular complexity index is 615. The minimum Gasteiger partial charge on any atom is -0.506 e. The summed E-state index contributed by atoms with van der Waals surface area (Å²) < 4.78 is 0. The van der Waals surface area contributed by atoms with Crippen molar-refractivity contribution in [3.05, 3.63) is 41.0 Å². The van der Waals surface area contributed by atoms with Gasteiger partial charge in [-0.05, 0) is 35.4 Å². The highest BCUT2D eigenvalue weighted by molar-refractivity contribution is 6.03. The van der Waals surface area contributed by atoms with E-state index in [0.717, 1.165) is 29.4 Å². The number of rotatable bonds is 3. The molecule has 0 bridgehead atoms. The number of carboxylic acids is 1. The van der Waals surface area contributed by atoms with Crippen LogP contribution in [-0.4, -0.2) is 16.2 Å². The number of hydrogen-bond acceptors (Lipinski definition) is 2. The van der Waals surface area contributed by atoms with Crippen LogP contribution < -0.4 is 0 Å². The van der Waals surface area contributed by atoms with E-state index in [4.69, 9.17) is 5.11 Å². The number of fused-ring (bicyclic) bond motifs is 1. The van der Waals surface area contributed by atoms with Crippen molar-refractivity contribution in [3.63, 3.8) is 0 Å². The molecule has 0 heterocycles. The largest absolute Gasteiger partial charge is 0.506 e. The van der Waals surface area contributed by atoms with Gasteiger partial charge in [-0.2, -0.15) is 0 Å². The number of carboxylic acid groups (broad SMARTS) is 1. The summed E-state index contributed by atoms with van der Waals surface area (Å²) in [4.78, 5) is 11.1. The molecule has 0 fully saturated rings. The van der Waals surface area contributed by atoms with Crippen molar-refractivity contribution in [1.82, 2.24) is 0 Å². The predicted octanol–water partition coefficient (Wildman–Crippen LogP) is 3.37. The van der Waals surface area contributed by atoms with Gasteiger partial charge in [0.2, 0.25) is 0 Å². The first-order valence-corrected chi connectivity index (χ1v) is 6.09. The number of benzene rings is 2. The maximum atomic E-state index is 11.1. The predicted molar refractivity (Wildman–Crippen MR) is 71.3 cm³/mol. The van der Waals surface area contributed by atoms with E-state index >= 15 is 0 Å². The zero-order valence-electron chi connectivity index (χ0n) is 10.5. The lowest BCUT2D eigenvalue weighted by Crippen LogP contribution is -2.01. The average Bonchev–Trinajstić information content (AvgIpc) is 2.38. The lowest BCUT2D eigenvalue weighted by Gasteiger charge is -2.13. The van der Waals surface area contributed by atoms with Crippen LogP contribution in [0.15, 0.2) is 24.3 Å². The number of aromatic hydroxyl groups is 1. The third-order valence-electron chi connectivity index (χ3n) is 3.29. The van der Waals surface area contributed by atoms with Gasteiger partial charge < -0.3 is 10.2 Å².